The van der Waals surface area contributed by atoms with Gasteiger partial charge in [0, 0.05) is 12.6 Å². The molecular formula is C21H18F6N2O2. The summed E-state index contributed by atoms with van der Waals surface area (Å²) in [5.41, 5.74) is -1.33. The molecule has 0 aliphatic carbocycles. The molecule has 0 fully saturated rings. The van der Waals surface area contributed by atoms with Crippen molar-refractivity contribution < 1.29 is 35.9 Å². The lowest BCUT2D eigenvalue weighted by atomic mass is 10.1. The van der Waals surface area contributed by atoms with Gasteiger partial charge in [0.25, 0.3) is 0 Å². The second kappa shape index (κ2) is 10.1. The minimum Gasteiger partial charge on any atom is -0.330 e. The van der Waals surface area contributed by atoms with Gasteiger partial charge in [0.05, 0.1) is 11.3 Å². The molecule has 0 radical (unpaired) electrons. The van der Waals surface area contributed by atoms with E-state index in [9.17, 15) is 35.9 Å². The Kier molecular flexibility index (Phi) is 7.84. The Hall–Kier alpha value is -3.30. The van der Waals surface area contributed by atoms with E-state index in [1.165, 1.54) is 18.2 Å². The molecule has 0 aliphatic rings. The van der Waals surface area contributed by atoms with E-state index >= 15 is 0 Å². The molecule has 31 heavy (non-hydrogen) atoms. The van der Waals surface area contributed by atoms with Crippen LogP contribution in [0.15, 0.2) is 42.5 Å². The molecule has 166 valence electrons. The minimum atomic E-state index is -4.53. The van der Waals surface area contributed by atoms with E-state index in [-0.39, 0.29) is 12.1 Å². The molecule has 0 saturated heterocycles. The van der Waals surface area contributed by atoms with Gasteiger partial charge in [0.2, 0.25) is 11.8 Å². The van der Waals surface area contributed by atoms with Crippen molar-refractivity contribution >= 4 is 23.6 Å². The number of benzene rings is 2. The third-order valence-corrected chi connectivity index (χ3v) is 4.08. The predicted molar refractivity (Wildman–Crippen MR) is 102 cm³/mol. The first kappa shape index (κ1) is 24.0. The number of nitrogens with zero attached hydrogens (tertiary/aromatic N) is 1. The Morgan fingerprint density at radius 1 is 1.06 bits per heavy atom. The predicted octanol–water partition coefficient (Wildman–Crippen LogP) is 5.01. The van der Waals surface area contributed by atoms with Crippen LogP contribution in [0.25, 0.3) is 6.08 Å². The largest absolute Gasteiger partial charge is 0.416 e. The molecule has 4 nitrogen and oxygen atoms in total. The van der Waals surface area contributed by atoms with Gasteiger partial charge >= 0.3 is 6.18 Å². The summed E-state index contributed by atoms with van der Waals surface area (Å²) in [5, 5.41) is 2.06. The Balaban J connectivity index is 2.09. The lowest BCUT2D eigenvalue weighted by Gasteiger charge is -2.20. The van der Waals surface area contributed by atoms with Crippen molar-refractivity contribution in [2.75, 3.05) is 18.4 Å². The first-order valence-corrected chi connectivity index (χ1v) is 9.10. The Bertz CT molecular complexity index is 988. The highest BCUT2D eigenvalue weighted by atomic mass is 19.4. The van der Waals surface area contributed by atoms with Crippen molar-refractivity contribution in [1.82, 2.24) is 4.90 Å². The van der Waals surface area contributed by atoms with Crippen molar-refractivity contribution in [3.05, 3.63) is 71.1 Å². The average Bonchev–Trinajstić information content (AvgIpc) is 2.71. The fourth-order valence-corrected chi connectivity index (χ4v) is 2.61. The van der Waals surface area contributed by atoms with Gasteiger partial charge in [-0.15, -0.1) is 0 Å². The molecule has 0 atom stereocenters. The highest BCUT2D eigenvalue weighted by Crippen LogP contribution is 2.29. The van der Waals surface area contributed by atoms with Crippen LogP contribution in [0.2, 0.25) is 0 Å². The van der Waals surface area contributed by atoms with Crippen LogP contribution in [0.1, 0.15) is 24.5 Å². The van der Waals surface area contributed by atoms with Crippen LogP contribution >= 0.6 is 0 Å². The average molecular weight is 444 g/mol. The van der Waals surface area contributed by atoms with E-state index in [1.54, 1.807) is 6.92 Å². The third-order valence-electron chi connectivity index (χ3n) is 4.08. The second-order valence-electron chi connectivity index (χ2n) is 6.49. The van der Waals surface area contributed by atoms with E-state index in [4.69, 9.17) is 0 Å². The van der Waals surface area contributed by atoms with Crippen molar-refractivity contribution in [2.24, 2.45) is 0 Å². The summed E-state index contributed by atoms with van der Waals surface area (Å²) in [5.74, 6) is -6.27. The SMILES string of the molecule is CCCN(CC(=O)Nc1ccc(F)c(F)c1F)C(=O)/C=C/c1cccc(C(F)(F)F)c1. The molecule has 2 rings (SSSR count). The number of carbonyl (C=O) groups is 2. The monoisotopic (exact) mass is 444 g/mol. The molecular weight excluding hydrogens is 426 g/mol. The highest BCUT2D eigenvalue weighted by molar-refractivity contribution is 5.98. The number of hydrogen-bond acceptors (Lipinski definition) is 2. The van der Waals surface area contributed by atoms with Gasteiger partial charge in [-0.1, -0.05) is 19.1 Å². The van der Waals surface area contributed by atoms with Crippen molar-refractivity contribution in [3.63, 3.8) is 0 Å². The number of carbonyl (C=O) groups excluding carboxylic acids is 2. The molecule has 1 N–H and O–H groups in total. The maximum atomic E-state index is 13.7. The Morgan fingerprint density at radius 3 is 2.42 bits per heavy atom. The van der Waals surface area contributed by atoms with Crippen LogP contribution in [-0.4, -0.2) is 29.8 Å². The lowest BCUT2D eigenvalue weighted by Crippen LogP contribution is -2.37. The van der Waals surface area contributed by atoms with Gasteiger partial charge in [-0.2, -0.15) is 13.2 Å². The summed E-state index contributed by atoms with van der Waals surface area (Å²) in [4.78, 5) is 25.6. The summed E-state index contributed by atoms with van der Waals surface area (Å²) in [6, 6.07) is 5.81. The van der Waals surface area contributed by atoms with Crippen LogP contribution in [0.5, 0.6) is 0 Å². The van der Waals surface area contributed by atoms with E-state index in [0.29, 0.717) is 12.5 Å². The number of halogens is 6. The summed E-state index contributed by atoms with van der Waals surface area (Å²) in [7, 11) is 0. The maximum absolute atomic E-state index is 13.7. The smallest absolute Gasteiger partial charge is 0.330 e. The Labute approximate surface area is 174 Å². The fraction of sp³-hybridized carbons (Fsp3) is 0.238. The Morgan fingerprint density at radius 2 is 1.77 bits per heavy atom. The standard InChI is InChI=1S/C21H18F6N2O2/c1-2-10-29(12-17(30)28-16-8-7-15(22)19(23)20(16)24)18(31)9-6-13-4-3-5-14(11-13)21(25,26)27/h3-9,11H,2,10,12H2,1H3,(H,28,30)/b9-6+. The van der Waals surface area contributed by atoms with Gasteiger partial charge in [0.15, 0.2) is 17.5 Å². The number of hydrogen-bond donors (Lipinski definition) is 1. The summed E-state index contributed by atoms with van der Waals surface area (Å²) >= 11 is 0. The molecule has 0 aliphatic heterocycles. The molecule has 0 aromatic heterocycles. The van der Waals surface area contributed by atoms with E-state index in [1.807, 2.05) is 0 Å². The van der Waals surface area contributed by atoms with Crippen molar-refractivity contribution in [3.8, 4) is 0 Å². The zero-order chi connectivity index (χ0) is 23.2. The summed E-state index contributed by atoms with van der Waals surface area (Å²) in [6.45, 7) is 1.32. The summed E-state index contributed by atoms with van der Waals surface area (Å²) < 4.78 is 78.3. The van der Waals surface area contributed by atoms with Crippen LogP contribution in [-0.2, 0) is 15.8 Å². The first-order valence-electron chi connectivity index (χ1n) is 9.10. The van der Waals surface area contributed by atoms with Gasteiger partial charge in [-0.3, -0.25) is 9.59 Å². The molecule has 10 heteroatoms. The molecule has 2 amide bonds. The van der Waals surface area contributed by atoms with Gasteiger partial charge in [0.1, 0.15) is 6.54 Å². The van der Waals surface area contributed by atoms with E-state index in [0.717, 1.165) is 29.2 Å². The van der Waals surface area contributed by atoms with Gasteiger partial charge < -0.3 is 10.2 Å². The van der Waals surface area contributed by atoms with Crippen LogP contribution in [0.3, 0.4) is 0 Å². The number of amides is 2. The fourth-order valence-electron chi connectivity index (χ4n) is 2.61. The minimum absolute atomic E-state index is 0.124. The van der Waals surface area contributed by atoms with Gasteiger partial charge in [-0.25, -0.2) is 13.2 Å². The van der Waals surface area contributed by atoms with Crippen LogP contribution in [0.4, 0.5) is 32.0 Å². The molecule has 0 saturated carbocycles. The van der Waals surface area contributed by atoms with Gasteiger partial charge in [-0.05, 0) is 42.3 Å². The number of anilines is 1. The second-order valence-corrected chi connectivity index (χ2v) is 6.49. The maximum Gasteiger partial charge on any atom is 0.416 e. The van der Waals surface area contributed by atoms with Crippen molar-refractivity contribution in [1.29, 1.82) is 0 Å². The molecule has 2 aromatic rings. The van der Waals surface area contributed by atoms with E-state index < -0.39 is 53.2 Å². The van der Waals surface area contributed by atoms with Crippen LogP contribution < -0.4 is 5.32 Å². The molecule has 0 heterocycles. The molecule has 0 spiro atoms. The number of rotatable bonds is 7. The molecule has 0 bridgehead atoms. The molecule has 0 unspecified atom stereocenters. The normalized spacial score (nSPS) is 11.6. The molecule has 2 aromatic carbocycles. The topological polar surface area (TPSA) is 49.4 Å². The zero-order valence-electron chi connectivity index (χ0n) is 16.3. The quantitative estimate of drug-likeness (QED) is 0.371. The van der Waals surface area contributed by atoms with Crippen LogP contribution in [0, 0.1) is 17.5 Å². The third kappa shape index (κ3) is 6.59. The number of alkyl halides is 3. The van der Waals surface area contributed by atoms with E-state index in [2.05, 4.69) is 5.32 Å². The van der Waals surface area contributed by atoms with Crippen molar-refractivity contribution in [2.45, 2.75) is 19.5 Å². The lowest BCUT2D eigenvalue weighted by molar-refractivity contribution is -0.137. The first-order chi connectivity index (χ1) is 14.5. The highest BCUT2D eigenvalue weighted by Gasteiger charge is 2.30. The zero-order valence-corrected chi connectivity index (χ0v) is 16.3. The number of nitrogens with one attached hydrogen (secondary N) is 1. The summed E-state index contributed by atoms with van der Waals surface area (Å²) in [6.07, 6.45) is -1.89.